The molecule has 1 fully saturated rings. The lowest BCUT2D eigenvalue weighted by atomic mass is 10.2. The summed E-state index contributed by atoms with van der Waals surface area (Å²) in [6.45, 7) is 3.78. The number of hydrogen-bond donors (Lipinski definition) is 0. The second kappa shape index (κ2) is 5.00. The summed E-state index contributed by atoms with van der Waals surface area (Å²) < 4.78 is 17.5. The van der Waals surface area contributed by atoms with Crippen molar-refractivity contribution in [2.24, 2.45) is 0 Å². The molecule has 2 nitrogen and oxygen atoms in total. The fraction of sp³-hybridized carbons (Fsp3) is 1.00. The fourth-order valence-electron chi connectivity index (χ4n) is 1.53. The highest BCUT2D eigenvalue weighted by Gasteiger charge is 2.23. The average molecular weight is 196 g/mol. The van der Waals surface area contributed by atoms with Gasteiger partial charge in [-0.2, -0.15) is 0 Å². The molecule has 0 radical (unpaired) electrons. The Bertz CT molecular complexity index is 136. The van der Waals surface area contributed by atoms with Gasteiger partial charge in [-0.15, -0.1) is 11.6 Å². The molecule has 4 heteroatoms. The van der Waals surface area contributed by atoms with Crippen LogP contribution in [0.1, 0.15) is 6.92 Å². The maximum absolute atomic E-state index is 12.0. The number of nitrogens with zero attached hydrogens (tertiary/aromatic N) is 1. The van der Waals surface area contributed by atoms with Crippen molar-refractivity contribution in [2.75, 3.05) is 32.2 Å². The van der Waals surface area contributed by atoms with Crippen molar-refractivity contribution < 1.29 is 9.13 Å². The summed E-state index contributed by atoms with van der Waals surface area (Å²) in [5, 5.41) is 0. The molecule has 0 bridgehead atoms. The molecular formula is C8H15ClFNO. The Labute approximate surface area is 77.6 Å². The minimum atomic E-state index is -0.290. The normalized spacial score (nSPS) is 32.2. The standard InChI is InChI=1S/C8H15ClFNO/c1-7-5-11(3-2-10)6-8(4-9)12-7/h7-8H,2-6H2,1H3. The number of halogens is 2. The van der Waals surface area contributed by atoms with E-state index in [-0.39, 0.29) is 18.9 Å². The van der Waals surface area contributed by atoms with Crippen LogP contribution in [0, 0.1) is 0 Å². The van der Waals surface area contributed by atoms with Crippen molar-refractivity contribution >= 4 is 11.6 Å². The van der Waals surface area contributed by atoms with Gasteiger partial charge in [0.25, 0.3) is 0 Å². The zero-order chi connectivity index (χ0) is 8.97. The van der Waals surface area contributed by atoms with Gasteiger partial charge in [-0.3, -0.25) is 4.90 Å². The summed E-state index contributed by atoms with van der Waals surface area (Å²) in [7, 11) is 0. The number of morpholine rings is 1. The maximum atomic E-state index is 12.0. The Morgan fingerprint density at radius 3 is 2.92 bits per heavy atom. The quantitative estimate of drug-likeness (QED) is 0.630. The topological polar surface area (TPSA) is 12.5 Å². The maximum Gasteiger partial charge on any atom is 0.102 e. The van der Waals surface area contributed by atoms with Crippen molar-refractivity contribution in [1.82, 2.24) is 4.90 Å². The van der Waals surface area contributed by atoms with Gasteiger partial charge in [-0.1, -0.05) is 0 Å². The molecule has 0 aromatic carbocycles. The zero-order valence-corrected chi connectivity index (χ0v) is 8.06. The van der Waals surface area contributed by atoms with E-state index < -0.39 is 0 Å². The van der Waals surface area contributed by atoms with E-state index in [1.807, 2.05) is 6.92 Å². The van der Waals surface area contributed by atoms with Crippen LogP contribution >= 0.6 is 11.6 Å². The minimum Gasteiger partial charge on any atom is -0.371 e. The molecule has 0 amide bonds. The third-order valence-corrected chi connectivity index (χ3v) is 2.32. The van der Waals surface area contributed by atoms with Crippen molar-refractivity contribution in [3.63, 3.8) is 0 Å². The number of rotatable bonds is 3. The molecule has 0 aromatic rings. The summed E-state index contributed by atoms with van der Waals surface area (Å²) in [5.74, 6) is 0.493. The van der Waals surface area contributed by atoms with E-state index in [2.05, 4.69) is 4.90 Å². The molecule has 2 unspecified atom stereocenters. The largest absolute Gasteiger partial charge is 0.371 e. The van der Waals surface area contributed by atoms with Crippen LogP contribution in [0.4, 0.5) is 4.39 Å². The number of ether oxygens (including phenoxy) is 1. The molecule has 0 N–H and O–H groups in total. The van der Waals surface area contributed by atoms with E-state index in [0.29, 0.717) is 12.4 Å². The number of alkyl halides is 2. The lowest BCUT2D eigenvalue weighted by Gasteiger charge is -2.35. The van der Waals surface area contributed by atoms with Crippen molar-refractivity contribution in [3.05, 3.63) is 0 Å². The minimum absolute atomic E-state index is 0.0713. The Morgan fingerprint density at radius 2 is 2.33 bits per heavy atom. The molecule has 1 aliphatic rings. The van der Waals surface area contributed by atoms with Crippen LogP contribution in [0.2, 0.25) is 0 Å². The molecule has 0 spiro atoms. The molecule has 72 valence electrons. The lowest BCUT2D eigenvalue weighted by Crippen LogP contribution is -2.47. The van der Waals surface area contributed by atoms with Gasteiger partial charge in [-0.25, -0.2) is 4.39 Å². The molecule has 2 atom stereocenters. The van der Waals surface area contributed by atoms with Gasteiger partial charge >= 0.3 is 0 Å². The predicted molar refractivity (Wildman–Crippen MR) is 47.5 cm³/mol. The van der Waals surface area contributed by atoms with E-state index in [9.17, 15) is 4.39 Å². The second-order valence-corrected chi connectivity index (χ2v) is 3.48. The second-order valence-electron chi connectivity index (χ2n) is 3.17. The van der Waals surface area contributed by atoms with Crippen LogP contribution in [0.15, 0.2) is 0 Å². The molecule has 1 saturated heterocycles. The summed E-state index contributed by atoms with van der Waals surface area (Å²) in [4.78, 5) is 2.06. The van der Waals surface area contributed by atoms with Crippen LogP contribution in [0.3, 0.4) is 0 Å². The molecule has 1 heterocycles. The van der Waals surface area contributed by atoms with Crippen molar-refractivity contribution in [3.8, 4) is 0 Å². The highest BCUT2D eigenvalue weighted by atomic mass is 35.5. The van der Waals surface area contributed by atoms with Crippen molar-refractivity contribution in [2.45, 2.75) is 19.1 Å². The smallest absolute Gasteiger partial charge is 0.102 e. The highest BCUT2D eigenvalue weighted by Crippen LogP contribution is 2.11. The summed E-state index contributed by atoms with van der Waals surface area (Å²) >= 11 is 5.67. The van der Waals surface area contributed by atoms with E-state index in [4.69, 9.17) is 16.3 Å². The van der Waals surface area contributed by atoms with E-state index >= 15 is 0 Å². The highest BCUT2D eigenvalue weighted by molar-refractivity contribution is 6.18. The third-order valence-electron chi connectivity index (χ3n) is 1.97. The van der Waals surface area contributed by atoms with Gasteiger partial charge in [0, 0.05) is 25.5 Å². The van der Waals surface area contributed by atoms with Crippen LogP contribution < -0.4 is 0 Å². The number of hydrogen-bond acceptors (Lipinski definition) is 2. The average Bonchev–Trinajstić information content (AvgIpc) is 2.04. The van der Waals surface area contributed by atoms with Crippen molar-refractivity contribution in [1.29, 1.82) is 0 Å². The Morgan fingerprint density at radius 1 is 1.58 bits per heavy atom. The Kier molecular flexibility index (Phi) is 4.26. The molecular weight excluding hydrogens is 181 g/mol. The van der Waals surface area contributed by atoms with Gasteiger partial charge < -0.3 is 4.74 Å². The predicted octanol–water partition coefficient (Wildman–Crippen LogP) is 1.28. The van der Waals surface area contributed by atoms with Gasteiger partial charge in [0.15, 0.2) is 0 Å². The van der Waals surface area contributed by atoms with Crippen LogP contribution in [-0.4, -0.2) is 49.3 Å². The summed E-state index contributed by atoms with van der Waals surface area (Å²) in [5.41, 5.74) is 0. The van der Waals surface area contributed by atoms with Gasteiger partial charge in [0.1, 0.15) is 6.67 Å². The van der Waals surface area contributed by atoms with E-state index in [1.54, 1.807) is 0 Å². The summed E-state index contributed by atoms with van der Waals surface area (Å²) in [6, 6.07) is 0. The molecule has 1 rings (SSSR count). The molecule has 12 heavy (non-hydrogen) atoms. The van der Waals surface area contributed by atoms with Crippen LogP contribution in [-0.2, 0) is 4.74 Å². The van der Waals surface area contributed by atoms with E-state index in [0.717, 1.165) is 13.1 Å². The SMILES string of the molecule is CC1CN(CCF)CC(CCl)O1. The monoisotopic (exact) mass is 195 g/mol. The molecule has 0 aliphatic carbocycles. The van der Waals surface area contributed by atoms with Crippen LogP contribution in [0.5, 0.6) is 0 Å². The van der Waals surface area contributed by atoms with Gasteiger partial charge in [0.2, 0.25) is 0 Å². The molecule has 1 aliphatic heterocycles. The first-order valence-corrected chi connectivity index (χ1v) is 4.79. The first kappa shape index (κ1) is 10.2. The summed E-state index contributed by atoms with van der Waals surface area (Å²) in [6.07, 6.45) is 0.246. The van der Waals surface area contributed by atoms with Gasteiger partial charge in [-0.05, 0) is 6.92 Å². The molecule has 0 saturated carbocycles. The van der Waals surface area contributed by atoms with Crippen LogP contribution in [0.25, 0.3) is 0 Å². The molecule has 0 aromatic heterocycles. The zero-order valence-electron chi connectivity index (χ0n) is 7.30. The Balaban J connectivity index is 2.34. The van der Waals surface area contributed by atoms with E-state index in [1.165, 1.54) is 0 Å². The first-order valence-electron chi connectivity index (χ1n) is 4.26. The lowest BCUT2D eigenvalue weighted by molar-refractivity contribution is -0.0671. The van der Waals surface area contributed by atoms with Gasteiger partial charge in [0.05, 0.1) is 12.2 Å². The Hall–Kier alpha value is 0.140. The first-order chi connectivity index (χ1) is 5.76. The fourth-order valence-corrected chi connectivity index (χ4v) is 1.70. The third kappa shape index (κ3) is 2.88.